The molecule has 1 amide bonds. The van der Waals surface area contributed by atoms with E-state index in [1.165, 1.54) is 12.8 Å². The molecule has 0 spiro atoms. The van der Waals surface area contributed by atoms with Crippen molar-refractivity contribution in [1.29, 1.82) is 0 Å². The summed E-state index contributed by atoms with van der Waals surface area (Å²) in [6, 6.07) is 7.96. The Morgan fingerprint density at radius 2 is 2.04 bits per heavy atom. The van der Waals surface area contributed by atoms with Crippen molar-refractivity contribution in [3.05, 3.63) is 42.0 Å². The van der Waals surface area contributed by atoms with Gasteiger partial charge in [-0.05, 0) is 54.7 Å². The Labute approximate surface area is 144 Å². The summed E-state index contributed by atoms with van der Waals surface area (Å²) in [4.78, 5) is 12.0. The molecule has 4 atom stereocenters. The third kappa shape index (κ3) is 4.18. The number of carbonyl (C=O) groups excluding carboxylic acids is 1. The van der Waals surface area contributed by atoms with Gasteiger partial charge in [-0.15, -0.1) is 0 Å². The molecule has 1 aromatic rings. The Hall–Kier alpha value is -1.81. The fourth-order valence-electron chi connectivity index (χ4n) is 3.86. The molecule has 4 unspecified atom stereocenters. The van der Waals surface area contributed by atoms with Crippen LogP contribution in [-0.4, -0.2) is 30.2 Å². The Balaban J connectivity index is 1.45. The second kappa shape index (κ2) is 7.84. The summed E-state index contributed by atoms with van der Waals surface area (Å²) in [6.07, 6.45) is 8.51. The SMILES string of the molecule is CCC(CO)NC(=O)Cc1ccc(NCC2CC3C=CC2C3)cc1. The first kappa shape index (κ1) is 17.0. The van der Waals surface area contributed by atoms with Crippen LogP contribution in [0.5, 0.6) is 0 Å². The van der Waals surface area contributed by atoms with Crippen LogP contribution in [0, 0.1) is 17.8 Å². The van der Waals surface area contributed by atoms with Crippen LogP contribution in [0.25, 0.3) is 0 Å². The summed E-state index contributed by atoms with van der Waals surface area (Å²) in [7, 11) is 0. The highest BCUT2D eigenvalue weighted by Crippen LogP contribution is 2.43. The monoisotopic (exact) mass is 328 g/mol. The van der Waals surface area contributed by atoms with Crippen molar-refractivity contribution in [2.45, 2.75) is 38.6 Å². The predicted octanol–water partition coefficient (Wildman–Crippen LogP) is 2.74. The molecular weight excluding hydrogens is 300 g/mol. The van der Waals surface area contributed by atoms with Crippen LogP contribution in [-0.2, 0) is 11.2 Å². The molecule has 0 aliphatic heterocycles. The van der Waals surface area contributed by atoms with Gasteiger partial charge in [0.15, 0.2) is 0 Å². The predicted molar refractivity (Wildman–Crippen MR) is 96.8 cm³/mol. The van der Waals surface area contributed by atoms with Crippen LogP contribution in [0.3, 0.4) is 0 Å². The molecule has 2 aliphatic carbocycles. The molecule has 1 aromatic carbocycles. The van der Waals surface area contributed by atoms with Crippen LogP contribution in [0.2, 0.25) is 0 Å². The number of aliphatic hydroxyl groups excluding tert-OH is 1. The van der Waals surface area contributed by atoms with E-state index in [4.69, 9.17) is 5.11 Å². The smallest absolute Gasteiger partial charge is 0.224 e. The molecule has 4 nitrogen and oxygen atoms in total. The van der Waals surface area contributed by atoms with Crippen LogP contribution < -0.4 is 10.6 Å². The number of carbonyl (C=O) groups is 1. The largest absolute Gasteiger partial charge is 0.394 e. The number of nitrogens with one attached hydrogen (secondary N) is 2. The summed E-state index contributed by atoms with van der Waals surface area (Å²) >= 11 is 0. The van der Waals surface area contributed by atoms with Gasteiger partial charge in [-0.25, -0.2) is 0 Å². The van der Waals surface area contributed by atoms with Gasteiger partial charge in [-0.3, -0.25) is 4.79 Å². The molecule has 2 aliphatic rings. The average Bonchev–Trinajstić information content (AvgIpc) is 3.22. The minimum Gasteiger partial charge on any atom is -0.394 e. The number of hydrogen-bond acceptors (Lipinski definition) is 3. The zero-order chi connectivity index (χ0) is 16.9. The number of allylic oxidation sites excluding steroid dienone is 2. The Morgan fingerprint density at radius 1 is 1.25 bits per heavy atom. The minimum atomic E-state index is -0.144. The molecule has 0 aromatic heterocycles. The summed E-state index contributed by atoms with van der Waals surface area (Å²) in [5.41, 5.74) is 2.11. The minimum absolute atomic E-state index is 0.0106. The lowest BCUT2D eigenvalue weighted by atomic mass is 9.93. The molecule has 3 N–H and O–H groups in total. The summed E-state index contributed by atoms with van der Waals surface area (Å²) in [5.74, 6) is 2.30. The van der Waals surface area contributed by atoms with Crippen LogP contribution in [0.1, 0.15) is 31.7 Å². The zero-order valence-corrected chi connectivity index (χ0v) is 14.4. The summed E-state index contributed by atoms with van der Waals surface area (Å²) < 4.78 is 0. The molecule has 3 rings (SSSR count). The third-order valence-corrected chi connectivity index (χ3v) is 5.38. The second-order valence-corrected chi connectivity index (χ2v) is 7.15. The van der Waals surface area contributed by atoms with Crippen molar-refractivity contribution in [1.82, 2.24) is 5.32 Å². The fraction of sp³-hybridized carbons (Fsp3) is 0.550. The number of hydrogen-bond donors (Lipinski definition) is 3. The Kier molecular flexibility index (Phi) is 5.56. The van der Waals surface area contributed by atoms with Crippen molar-refractivity contribution in [2.75, 3.05) is 18.5 Å². The van der Waals surface area contributed by atoms with Gasteiger partial charge in [0, 0.05) is 12.2 Å². The number of anilines is 1. The maximum atomic E-state index is 12.0. The van der Waals surface area contributed by atoms with Gasteiger partial charge in [0.25, 0.3) is 0 Å². The van der Waals surface area contributed by atoms with Crippen LogP contribution in [0.4, 0.5) is 5.69 Å². The molecule has 1 saturated carbocycles. The molecule has 0 heterocycles. The van der Waals surface area contributed by atoms with E-state index < -0.39 is 0 Å². The highest BCUT2D eigenvalue weighted by Gasteiger charge is 2.35. The van der Waals surface area contributed by atoms with Crippen molar-refractivity contribution in [2.24, 2.45) is 17.8 Å². The highest BCUT2D eigenvalue weighted by atomic mass is 16.3. The van der Waals surface area contributed by atoms with Gasteiger partial charge < -0.3 is 15.7 Å². The van der Waals surface area contributed by atoms with E-state index in [1.54, 1.807) is 0 Å². The van der Waals surface area contributed by atoms with Crippen LogP contribution in [0.15, 0.2) is 36.4 Å². The number of rotatable bonds is 8. The molecule has 130 valence electrons. The third-order valence-electron chi connectivity index (χ3n) is 5.38. The molecule has 24 heavy (non-hydrogen) atoms. The van der Waals surface area contributed by atoms with Gasteiger partial charge in [-0.2, -0.15) is 0 Å². The second-order valence-electron chi connectivity index (χ2n) is 7.15. The highest BCUT2D eigenvalue weighted by molar-refractivity contribution is 5.79. The molecule has 0 saturated heterocycles. The van der Waals surface area contributed by atoms with Gasteiger partial charge in [0.05, 0.1) is 19.1 Å². The Bertz CT molecular complexity index is 578. The lowest BCUT2D eigenvalue weighted by Gasteiger charge is -2.19. The van der Waals surface area contributed by atoms with E-state index in [0.29, 0.717) is 6.42 Å². The number of fused-ring (bicyclic) bond motifs is 2. The fourth-order valence-corrected chi connectivity index (χ4v) is 3.86. The Morgan fingerprint density at radius 3 is 2.62 bits per heavy atom. The number of amides is 1. The van der Waals surface area contributed by atoms with Crippen LogP contribution >= 0.6 is 0 Å². The molecule has 2 bridgehead atoms. The van der Waals surface area contributed by atoms with Crippen molar-refractivity contribution in [3.63, 3.8) is 0 Å². The molecule has 1 fully saturated rings. The van der Waals surface area contributed by atoms with E-state index in [0.717, 1.165) is 42.0 Å². The summed E-state index contributed by atoms with van der Waals surface area (Å²) in [5, 5.41) is 15.5. The number of aliphatic hydroxyl groups is 1. The van der Waals surface area contributed by atoms with Crippen molar-refractivity contribution in [3.8, 4) is 0 Å². The first-order chi connectivity index (χ1) is 11.7. The van der Waals surface area contributed by atoms with Gasteiger partial charge in [0.1, 0.15) is 0 Å². The standard InChI is InChI=1S/C20H28N2O2/c1-2-18(13-23)22-20(24)11-14-4-7-19(8-5-14)21-12-17-10-15-3-6-16(17)9-15/h3-8,15-18,21,23H,2,9-13H2,1H3,(H,22,24). The maximum Gasteiger partial charge on any atom is 0.224 e. The van der Waals surface area contributed by atoms with Crippen molar-refractivity contribution < 1.29 is 9.90 Å². The van der Waals surface area contributed by atoms with Gasteiger partial charge in [0.2, 0.25) is 5.91 Å². The van der Waals surface area contributed by atoms with E-state index in [9.17, 15) is 4.79 Å². The van der Waals surface area contributed by atoms with E-state index in [2.05, 4.69) is 34.9 Å². The quantitative estimate of drug-likeness (QED) is 0.643. The first-order valence-corrected chi connectivity index (χ1v) is 9.09. The molecular formula is C20H28N2O2. The van der Waals surface area contributed by atoms with Gasteiger partial charge in [-0.1, -0.05) is 31.2 Å². The summed E-state index contributed by atoms with van der Waals surface area (Å²) in [6.45, 7) is 2.97. The first-order valence-electron chi connectivity index (χ1n) is 9.09. The van der Waals surface area contributed by atoms with E-state index in [1.807, 2.05) is 19.1 Å². The average molecular weight is 328 g/mol. The van der Waals surface area contributed by atoms with Crippen molar-refractivity contribution >= 4 is 11.6 Å². The molecule has 4 heteroatoms. The van der Waals surface area contributed by atoms with E-state index >= 15 is 0 Å². The molecule has 0 radical (unpaired) electrons. The number of benzene rings is 1. The van der Waals surface area contributed by atoms with Gasteiger partial charge >= 0.3 is 0 Å². The van der Waals surface area contributed by atoms with E-state index in [-0.39, 0.29) is 18.6 Å². The zero-order valence-electron chi connectivity index (χ0n) is 14.4. The normalized spacial score (nSPS) is 25.7. The maximum absolute atomic E-state index is 12.0. The topological polar surface area (TPSA) is 61.4 Å². The lowest BCUT2D eigenvalue weighted by Crippen LogP contribution is -2.37. The lowest BCUT2D eigenvalue weighted by molar-refractivity contribution is -0.121.